The molecule has 0 N–H and O–H groups in total. The van der Waals surface area contributed by atoms with Crippen molar-refractivity contribution in [1.29, 1.82) is 0 Å². The van der Waals surface area contributed by atoms with Crippen molar-refractivity contribution in [2.75, 3.05) is 41.7 Å². The number of para-hydroxylation sites is 1. The Balaban J connectivity index is 2.72. The summed E-state index contributed by atoms with van der Waals surface area (Å²) in [7, 11) is 6.39. The van der Waals surface area contributed by atoms with E-state index in [-0.39, 0.29) is 6.10 Å². The molecular weight excluding hydrogens is 420 g/mol. The summed E-state index contributed by atoms with van der Waals surface area (Å²) in [5, 5.41) is 0. The van der Waals surface area contributed by atoms with E-state index >= 15 is 0 Å². The van der Waals surface area contributed by atoms with Crippen molar-refractivity contribution in [2.24, 2.45) is 0 Å². The second-order valence-electron chi connectivity index (χ2n) is 7.37. The lowest BCUT2D eigenvalue weighted by atomic mass is 9.95. The molecule has 0 aliphatic carbocycles. The van der Waals surface area contributed by atoms with Gasteiger partial charge in [0.25, 0.3) is 0 Å². The molecule has 0 atom stereocenters. The largest absolute Gasteiger partial charge is 0.497 e. The summed E-state index contributed by atoms with van der Waals surface area (Å²) in [5.41, 5.74) is 3.11. The summed E-state index contributed by atoms with van der Waals surface area (Å²) in [6.07, 6.45) is 1.88. The van der Waals surface area contributed by atoms with Gasteiger partial charge in [-0.15, -0.1) is 0 Å². The fraction of sp³-hybridized carbons (Fsp3) is 0.333. The predicted octanol–water partition coefficient (Wildman–Crippen LogP) is 5.88. The highest BCUT2D eigenvalue weighted by atomic mass is 16.5. The normalized spacial score (nSPS) is 11.2. The van der Waals surface area contributed by atoms with Gasteiger partial charge in [0.05, 0.1) is 41.2 Å². The van der Waals surface area contributed by atoms with Gasteiger partial charge < -0.3 is 28.4 Å². The van der Waals surface area contributed by atoms with E-state index in [2.05, 4.69) is 13.2 Å². The molecule has 0 fully saturated rings. The van der Waals surface area contributed by atoms with Gasteiger partial charge in [-0.2, -0.15) is 0 Å². The van der Waals surface area contributed by atoms with Crippen molar-refractivity contribution < 1.29 is 28.4 Å². The third-order valence-electron chi connectivity index (χ3n) is 4.90. The average Bonchev–Trinajstić information content (AvgIpc) is 2.83. The first-order valence-corrected chi connectivity index (χ1v) is 10.6. The highest BCUT2D eigenvalue weighted by molar-refractivity contribution is 5.88. The molecule has 0 spiro atoms. The fourth-order valence-corrected chi connectivity index (χ4v) is 3.21. The van der Waals surface area contributed by atoms with Gasteiger partial charge in [-0.25, -0.2) is 0 Å². The zero-order valence-corrected chi connectivity index (χ0v) is 20.4. The van der Waals surface area contributed by atoms with Crippen molar-refractivity contribution in [2.45, 2.75) is 20.0 Å². The molecule has 0 unspecified atom stereocenters. The number of allylic oxidation sites excluding steroid dienone is 2. The molecule has 2 aromatic rings. The van der Waals surface area contributed by atoms with Crippen LogP contribution in [0.4, 0.5) is 0 Å². The molecule has 178 valence electrons. The molecule has 33 heavy (non-hydrogen) atoms. The Morgan fingerprint density at radius 2 is 1.67 bits per heavy atom. The Kier molecular flexibility index (Phi) is 9.88. The van der Waals surface area contributed by atoms with E-state index < -0.39 is 0 Å². The van der Waals surface area contributed by atoms with E-state index in [1.54, 1.807) is 34.5 Å². The molecule has 2 rings (SSSR count). The van der Waals surface area contributed by atoms with Crippen LogP contribution in [0.15, 0.2) is 67.2 Å². The Morgan fingerprint density at radius 1 is 0.909 bits per heavy atom. The minimum absolute atomic E-state index is 0.107. The first-order valence-electron chi connectivity index (χ1n) is 10.6. The maximum absolute atomic E-state index is 6.31. The predicted molar refractivity (Wildman–Crippen MR) is 132 cm³/mol. The smallest absolute Gasteiger partial charge is 0.135 e. The minimum Gasteiger partial charge on any atom is -0.497 e. The Hall–Kier alpha value is -3.38. The summed E-state index contributed by atoms with van der Waals surface area (Å²) in [5.74, 6) is 2.93. The Morgan fingerprint density at radius 3 is 2.27 bits per heavy atom. The first kappa shape index (κ1) is 25.9. The van der Waals surface area contributed by atoms with Gasteiger partial charge in [-0.3, -0.25) is 0 Å². The van der Waals surface area contributed by atoms with Crippen LogP contribution in [0.3, 0.4) is 0 Å². The summed E-state index contributed by atoms with van der Waals surface area (Å²) in [4.78, 5) is 0. The molecule has 0 heterocycles. The zero-order chi connectivity index (χ0) is 24.4. The van der Waals surface area contributed by atoms with Crippen LogP contribution in [0.1, 0.15) is 19.4 Å². The third-order valence-corrected chi connectivity index (χ3v) is 4.90. The molecule has 0 amide bonds. The van der Waals surface area contributed by atoms with Gasteiger partial charge >= 0.3 is 0 Å². The van der Waals surface area contributed by atoms with E-state index in [1.807, 2.05) is 50.2 Å². The van der Waals surface area contributed by atoms with Gasteiger partial charge in [0.2, 0.25) is 0 Å². The van der Waals surface area contributed by atoms with Crippen LogP contribution in [0, 0.1) is 0 Å². The van der Waals surface area contributed by atoms with Gasteiger partial charge in [0.15, 0.2) is 0 Å². The molecule has 2 aromatic carbocycles. The maximum atomic E-state index is 6.31. The number of hydrogen-bond donors (Lipinski definition) is 0. The van der Waals surface area contributed by atoms with E-state index in [1.165, 1.54) is 0 Å². The Labute approximate surface area is 197 Å². The molecule has 0 aliphatic heterocycles. The molecule has 0 saturated carbocycles. The molecule has 0 bridgehead atoms. The van der Waals surface area contributed by atoms with Crippen molar-refractivity contribution in [3.05, 3.63) is 72.7 Å². The molecule has 6 nitrogen and oxygen atoms in total. The highest BCUT2D eigenvalue weighted by Gasteiger charge is 2.20. The number of hydrogen-bond acceptors (Lipinski definition) is 6. The van der Waals surface area contributed by atoms with Crippen molar-refractivity contribution in [3.8, 4) is 28.4 Å². The molecule has 0 radical (unpaired) electrons. The van der Waals surface area contributed by atoms with Crippen LogP contribution >= 0.6 is 0 Å². The summed E-state index contributed by atoms with van der Waals surface area (Å²) < 4.78 is 33.8. The first-order chi connectivity index (χ1) is 15.9. The SMILES string of the molecule is C=C(/C=C(\C(=C)OC)c1cccc(-c2cc(OC)ccc2OC)c1OCCOC(C)C)OC. The van der Waals surface area contributed by atoms with Gasteiger partial charge in [0.1, 0.15) is 35.4 Å². The third kappa shape index (κ3) is 6.80. The van der Waals surface area contributed by atoms with E-state index in [4.69, 9.17) is 28.4 Å². The molecule has 6 heteroatoms. The van der Waals surface area contributed by atoms with Crippen LogP contribution < -0.4 is 14.2 Å². The topological polar surface area (TPSA) is 55.4 Å². The van der Waals surface area contributed by atoms with Crippen LogP contribution in [-0.2, 0) is 14.2 Å². The summed E-state index contributed by atoms with van der Waals surface area (Å²) in [6, 6.07) is 11.5. The van der Waals surface area contributed by atoms with Gasteiger partial charge in [0, 0.05) is 22.3 Å². The van der Waals surface area contributed by atoms with Crippen LogP contribution in [0.5, 0.6) is 17.2 Å². The fourth-order valence-electron chi connectivity index (χ4n) is 3.21. The number of ether oxygens (including phenoxy) is 6. The summed E-state index contributed by atoms with van der Waals surface area (Å²) in [6.45, 7) is 12.7. The number of methoxy groups -OCH3 is 4. The Bertz CT molecular complexity index is 990. The molecule has 0 saturated heterocycles. The minimum atomic E-state index is 0.107. The van der Waals surface area contributed by atoms with Crippen molar-refractivity contribution >= 4 is 5.57 Å². The van der Waals surface area contributed by atoms with Crippen molar-refractivity contribution in [1.82, 2.24) is 0 Å². The van der Waals surface area contributed by atoms with Gasteiger partial charge in [-0.05, 0) is 38.1 Å². The molecule has 0 aliphatic rings. The second-order valence-corrected chi connectivity index (χ2v) is 7.37. The highest BCUT2D eigenvalue weighted by Crippen LogP contribution is 2.43. The maximum Gasteiger partial charge on any atom is 0.135 e. The number of rotatable bonds is 13. The molecular formula is C27H34O6. The summed E-state index contributed by atoms with van der Waals surface area (Å²) >= 11 is 0. The van der Waals surface area contributed by atoms with E-state index in [9.17, 15) is 0 Å². The van der Waals surface area contributed by atoms with E-state index in [0.29, 0.717) is 47.6 Å². The monoisotopic (exact) mass is 454 g/mol. The van der Waals surface area contributed by atoms with E-state index in [0.717, 1.165) is 16.7 Å². The average molecular weight is 455 g/mol. The lowest BCUT2D eigenvalue weighted by Crippen LogP contribution is -2.12. The lowest BCUT2D eigenvalue weighted by Gasteiger charge is -2.21. The van der Waals surface area contributed by atoms with Crippen molar-refractivity contribution in [3.63, 3.8) is 0 Å². The standard InChI is InChI=1S/C27H34O6/c1-18(2)32-14-15-33-27-22(24(20(4)29-6)16-19(3)28-5)10-9-11-23(27)25-17-21(30-7)12-13-26(25)31-8/h9-13,16-18H,3-4,14-15H2,1-2,5-8H3/b24-16+. The van der Waals surface area contributed by atoms with Crippen LogP contribution in [0.25, 0.3) is 16.7 Å². The zero-order valence-electron chi connectivity index (χ0n) is 20.4. The quantitative estimate of drug-likeness (QED) is 0.214. The second kappa shape index (κ2) is 12.6. The van der Waals surface area contributed by atoms with Crippen LogP contribution in [-0.4, -0.2) is 47.8 Å². The lowest BCUT2D eigenvalue weighted by molar-refractivity contribution is 0.0553. The molecule has 0 aromatic heterocycles. The van der Waals surface area contributed by atoms with Crippen LogP contribution in [0.2, 0.25) is 0 Å². The van der Waals surface area contributed by atoms with Gasteiger partial charge in [-0.1, -0.05) is 31.4 Å². The number of benzene rings is 2.